The second-order valence-corrected chi connectivity index (χ2v) is 4.16. The van der Waals surface area contributed by atoms with Crippen LogP contribution < -0.4 is 10.6 Å². The van der Waals surface area contributed by atoms with E-state index >= 15 is 0 Å². The number of nitrogens with one attached hydrogen (secondary N) is 2. The number of hydrogen-bond donors (Lipinski definition) is 2. The highest BCUT2D eigenvalue weighted by molar-refractivity contribution is 7.80. The fraction of sp³-hybridized carbons (Fsp3) is 0.333. The van der Waals surface area contributed by atoms with Gasteiger partial charge in [0, 0.05) is 19.8 Å². The summed E-state index contributed by atoms with van der Waals surface area (Å²) in [5.41, 5.74) is 2.07. The first kappa shape index (κ1) is 13.4. The molecule has 0 saturated carbocycles. The first-order valence-electron chi connectivity index (χ1n) is 5.33. The molecule has 4 nitrogen and oxygen atoms in total. The van der Waals surface area contributed by atoms with Crippen molar-refractivity contribution in [1.29, 1.82) is 0 Å². The fourth-order valence-electron chi connectivity index (χ4n) is 1.29. The topological polar surface area (TPSA) is 44.4 Å². The third-order valence-corrected chi connectivity index (χ3v) is 2.81. The summed E-state index contributed by atoms with van der Waals surface area (Å²) in [5, 5.41) is 6.21. The molecule has 17 heavy (non-hydrogen) atoms. The number of nitrogens with zero attached hydrogens (tertiary/aromatic N) is 1. The molecule has 0 saturated heterocycles. The van der Waals surface area contributed by atoms with Crippen molar-refractivity contribution in [3.05, 3.63) is 29.8 Å². The molecule has 1 rings (SSSR count). The molecule has 0 bridgehead atoms. The van der Waals surface area contributed by atoms with E-state index in [1.54, 1.807) is 19.0 Å². The summed E-state index contributed by atoms with van der Waals surface area (Å²) >= 11 is 5.22. The molecule has 0 aliphatic carbocycles. The van der Waals surface area contributed by atoms with Gasteiger partial charge in [-0.05, 0) is 30.8 Å². The molecule has 1 aromatic rings. The molecule has 2 N–H and O–H groups in total. The van der Waals surface area contributed by atoms with Gasteiger partial charge in [0.2, 0.25) is 5.91 Å². The zero-order valence-corrected chi connectivity index (χ0v) is 11.1. The molecule has 1 aromatic carbocycles. The maximum atomic E-state index is 11.2. The Bertz CT molecular complexity index is 420. The second kappa shape index (κ2) is 6.20. The molecule has 92 valence electrons. The molecular formula is C12H17N3OS. The summed E-state index contributed by atoms with van der Waals surface area (Å²) < 4.78 is 0. The predicted molar refractivity (Wildman–Crippen MR) is 74.1 cm³/mol. The van der Waals surface area contributed by atoms with Crippen molar-refractivity contribution in [3.8, 4) is 0 Å². The minimum absolute atomic E-state index is 0.0681. The van der Waals surface area contributed by atoms with Gasteiger partial charge in [-0.25, -0.2) is 0 Å². The summed E-state index contributed by atoms with van der Waals surface area (Å²) in [4.78, 5) is 12.9. The van der Waals surface area contributed by atoms with Crippen molar-refractivity contribution in [2.45, 2.75) is 6.92 Å². The maximum absolute atomic E-state index is 11.2. The van der Waals surface area contributed by atoms with Crippen LogP contribution in [0.1, 0.15) is 5.56 Å². The average Bonchev–Trinajstić information content (AvgIpc) is 2.31. The standard InChI is InChI=1S/C12H17N3OS/c1-9-6-4-5-7-10(9)14-12(17)15(3)8-11(16)13-2/h4-7H,8H2,1-3H3,(H,13,16)(H,14,17). The number of carbonyl (C=O) groups excluding carboxylic acids is 1. The Hall–Kier alpha value is -1.62. The van der Waals surface area contributed by atoms with Gasteiger partial charge in [0.25, 0.3) is 0 Å². The SMILES string of the molecule is CNC(=O)CN(C)C(=S)Nc1ccccc1C. The molecule has 0 aliphatic heterocycles. The Balaban J connectivity index is 2.60. The predicted octanol–water partition coefficient (Wildman–Crippen LogP) is 1.37. The van der Waals surface area contributed by atoms with E-state index < -0.39 is 0 Å². The number of amides is 1. The van der Waals surface area contributed by atoms with Gasteiger partial charge in [-0.15, -0.1) is 0 Å². The van der Waals surface area contributed by atoms with E-state index in [1.165, 1.54) is 0 Å². The van der Waals surface area contributed by atoms with Gasteiger partial charge in [0.05, 0.1) is 6.54 Å². The number of thiocarbonyl (C=S) groups is 1. The molecule has 0 spiro atoms. The molecule has 1 amide bonds. The molecule has 0 fully saturated rings. The number of rotatable bonds is 3. The van der Waals surface area contributed by atoms with Crippen molar-refractivity contribution >= 4 is 28.9 Å². The minimum Gasteiger partial charge on any atom is -0.358 e. The van der Waals surface area contributed by atoms with E-state index in [-0.39, 0.29) is 12.5 Å². The molecule has 0 aliphatic rings. The third kappa shape index (κ3) is 4.03. The van der Waals surface area contributed by atoms with Gasteiger partial charge >= 0.3 is 0 Å². The van der Waals surface area contributed by atoms with E-state index in [1.807, 2.05) is 31.2 Å². The van der Waals surface area contributed by atoms with Crippen LogP contribution in [0.4, 0.5) is 5.69 Å². The third-order valence-electron chi connectivity index (χ3n) is 2.39. The van der Waals surface area contributed by atoms with Crippen molar-refractivity contribution < 1.29 is 4.79 Å². The van der Waals surface area contributed by atoms with E-state index in [2.05, 4.69) is 10.6 Å². The lowest BCUT2D eigenvalue weighted by molar-refractivity contribution is -0.120. The zero-order chi connectivity index (χ0) is 12.8. The van der Waals surface area contributed by atoms with E-state index in [0.717, 1.165) is 11.3 Å². The van der Waals surface area contributed by atoms with Crippen LogP contribution in [0, 0.1) is 6.92 Å². The fourth-order valence-corrected chi connectivity index (χ4v) is 1.46. The van der Waals surface area contributed by atoms with Crippen LogP contribution in [-0.2, 0) is 4.79 Å². The molecule has 0 atom stereocenters. The lowest BCUT2D eigenvalue weighted by Gasteiger charge is -2.20. The van der Waals surface area contributed by atoms with Crippen LogP contribution >= 0.6 is 12.2 Å². The van der Waals surface area contributed by atoms with E-state index in [9.17, 15) is 4.79 Å². The molecule has 0 unspecified atom stereocenters. The van der Waals surface area contributed by atoms with Gasteiger partial charge in [0.15, 0.2) is 5.11 Å². The average molecular weight is 251 g/mol. The Morgan fingerprint density at radius 1 is 1.41 bits per heavy atom. The molecule has 5 heteroatoms. The Morgan fingerprint density at radius 2 is 2.06 bits per heavy atom. The second-order valence-electron chi connectivity index (χ2n) is 3.77. The number of hydrogen-bond acceptors (Lipinski definition) is 2. The Labute approximate surface area is 107 Å². The van der Waals surface area contributed by atoms with Crippen molar-refractivity contribution in [3.63, 3.8) is 0 Å². The number of likely N-dealkylation sites (N-methyl/N-ethyl adjacent to an activating group) is 2. The highest BCUT2D eigenvalue weighted by Crippen LogP contribution is 2.13. The number of benzene rings is 1. The van der Waals surface area contributed by atoms with Gasteiger partial charge in [-0.1, -0.05) is 18.2 Å². The molecular weight excluding hydrogens is 234 g/mol. The summed E-state index contributed by atoms with van der Waals surface area (Å²) in [6.07, 6.45) is 0. The normalized spacial score (nSPS) is 9.59. The highest BCUT2D eigenvalue weighted by Gasteiger charge is 2.09. The zero-order valence-electron chi connectivity index (χ0n) is 10.3. The molecule has 0 aromatic heterocycles. The number of aryl methyl sites for hydroxylation is 1. The molecule has 0 radical (unpaired) electrons. The maximum Gasteiger partial charge on any atom is 0.239 e. The van der Waals surface area contributed by atoms with Crippen molar-refractivity contribution in [2.75, 3.05) is 26.0 Å². The number of anilines is 1. The largest absolute Gasteiger partial charge is 0.358 e. The monoisotopic (exact) mass is 251 g/mol. The van der Waals surface area contributed by atoms with Crippen LogP contribution in [0.2, 0.25) is 0 Å². The van der Waals surface area contributed by atoms with Crippen LogP contribution in [0.25, 0.3) is 0 Å². The van der Waals surface area contributed by atoms with E-state index in [0.29, 0.717) is 5.11 Å². The number of para-hydroxylation sites is 1. The summed E-state index contributed by atoms with van der Waals surface area (Å²) in [5.74, 6) is -0.0681. The Kier molecular flexibility index (Phi) is 4.90. The van der Waals surface area contributed by atoms with Crippen LogP contribution in [0.5, 0.6) is 0 Å². The summed E-state index contributed by atoms with van der Waals surface area (Å²) in [6.45, 7) is 2.25. The van der Waals surface area contributed by atoms with Gasteiger partial charge in [-0.3, -0.25) is 4.79 Å². The first-order valence-corrected chi connectivity index (χ1v) is 5.73. The quantitative estimate of drug-likeness (QED) is 0.796. The van der Waals surface area contributed by atoms with Crippen LogP contribution in [0.3, 0.4) is 0 Å². The minimum atomic E-state index is -0.0681. The summed E-state index contributed by atoms with van der Waals surface area (Å²) in [7, 11) is 3.39. The first-order chi connectivity index (χ1) is 8.04. The van der Waals surface area contributed by atoms with E-state index in [4.69, 9.17) is 12.2 Å². The van der Waals surface area contributed by atoms with Gasteiger partial charge in [0.1, 0.15) is 0 Å². The van der Waals surface area contributed by atoms with Gasteiger partial charge < -0.3 is 15.5 Å². The van der Waals surface area contributed by atoms with Crippen LogP contribution in [0.15, 0.2) is 24.3 Å². The Morgan fingerprint density at radius 3 is 2.65 bits per heavy atom. The van der Waals surface area contributed by atoms with Crippen LogP contribution in [-0.4, -0.2) is 36.6 Å². The smallest absolute Gasteiger partial charge is 0.239 e. The highest BCUT2D eigenvalue weighted by atomic mass is 32.1. The van der Waals surface area contributed by atoms with Gasteiger partial charge in [-0.2, -0.15) is 0 Å². The number of carbonyl (C=O) groups is 1. The van der Waals surface area contributed by atoms with Crippen molar-refractivity contribution in [1.82, 2.24) is 10.2 Å². The molecule has 0 heterocycles. The lowest BCUT2D eigenvalue weighted by Crippen LogP contribution is -2.39. The lowest BCUT2D eigenvalue weighted by atomic mass is 10.2. The summed E-state index contributed by atoms with van der Waals surface area (Å²) in [6, 6.07) is 7.87. The van der Waals surface area contributed by atoms with Crippen molar-refractivity contribution in [2.24, 2.45) is 0 Å².